The van der Waals surface area contributed by atoms with E-state index in [1.54, 1.807) is 0 Å². The van der Waals surface area contributed by atoms with Crippen LogP contribution in [0.15, 0.2) is 39.7 Å². The lowest BCUT2D eigenvalue weighted by molar-refractivity contribution is -0.141. The van der Waals surface area contributed by atoms with Crippen LogP contribution in [-0.4, -0.2) is 37.7 Å². The fourth-order valence-corrected chi connectivity index (χ4v) is 4.13. The van der Waals surface area contributed by atoms with E-state index >= 15 is 0 Å². The van der Waals surface area contributed by atoms with Crippen LogP contribution in [0.25, 0.3) is 17.5 Å². The highest BCUT2D eigenvalue weighted by atomic mass is 32.2. The molecule has 1 saturated heterocycles. The zero-order chi connectivity index (χ0) is 22.6. The van der Waals surface area contributed by atoms with E-state index in [4.69, 9.17) is 21.7 Å². The van der Waals surface area contributed by atoms with Gasteiger partial charge in [-0.2, -0.15) is 13.2 Å². The largest absolute Gasteiger partial charge is 0.481 e. The van der Waals surface area contributed by atoms with Crippen LogP contribution in [-0.2, 0) is 15.8 Å². The second kappa shape index (κ2) is 9.65. The Morgan fingerprint density at radius 3 is 2.71 bits per heavy atom. The minimum atomic E-state index is -4.56. The number of hydrogen-bond donors (Lipinski definition) is 1. The van der Waals surface area contributed by atoms with E-state index in [9.17, 15) is 22.8 Å². The van der Waals surface area contributed by atoms with Crippen molar-refractivity contribution in [2.75, 3.05) is 6.54 Å². The molecule has 6 nitrogen and oxygen atoms in total. The second-order valence-corrected chi connectivity index (χ2v) is 8.32. The molecule has 1 fully saturated rings. The highest BCUT2D eigenvalue weighted by Crippen LogP contribution is 2.34. The van der Waals surface area contributed by atoms with E-state index in [2.05, 4.69) is 4.98 Å². The van der Waals surface area contributed by atoms with Crippen LogP contribution < -0.4 is 0 Å². The minimum Gasteiger partial charge on any atom is -0.481 e. The van der Waals surface area contributed by atoms with Gasteiger partial charge in [0.05, 0.1) is 4.91 Å². The molecule has 3 heterocycles. The van der Waals surface area contributed by atoms with Gasteiger partial charge in [0.25, 0.3) is 5.91 Å². The van der Waals surface area contributed by atoms with Gasteiger partial charge in [-0.05, 0) is 37.1 Å². The Morgan fingerprint density at radius 1 is 1.23 bits per heavy atom. The van der Waals surface area contributed by atoms with Crippen molar-refractivity contribution in [1.29, 1.82) is 0 Å². The Morgan fingerprint density at radius 2 is 2.00 bits per heavy atom. The van der Waals surface area contributed by atoms with Crippen LogP contribution in [0.5, 0.6) is 0 Å². The second-order valence-electron chi connectivity index (χ2n) is 6.65. The summed E-state index contributed by atoms with van der Waals surface area (Å²) in [5, 5.41) is 8.65. The Bertz CT molecular complexity index is 1030. The summed E-state index contributed by atoms with van der Waals surface area (Å²) in [4.78, 5) is 28.5. The van der Waals surface area contributed by atoms with Crippen molar-refractivity contribution in [3.63, 3.8) is 0 Å². The van der Waals surface area contributed by atoms with Crippen LogP contribution in [0.4, 0.5) is 13.2 Å². The average Bonchev–Trinajstić information content (AvgIpc) is 3.27. The number of alkyl halides is 3. The number of pyridine rings is 1. The van der Waals surface area contributed by atoms with E-state index < -0.39 is 17.8 Å². The van der Waals surface area contributed by atoms with Crippen molar-refractivity contribution in [2.45, 2.75) is 31.9 Å². The van der Waals surface area contributed by atoms with Gasteiger partial charge < -0.3 is 9.52 Å². The smallest absolute Gasteiger partial charge is 0.433 e. The number of rotatable bonds is 8. The van der Waals surface area contributed by atoms with Gasteiger partial charge in [-0.25, -0.2) is 4.98 Å². The summed E-state index contributed by atoms with van der Waals surface area (Å²) in [5.41, 5.74) is -0.990. The highest BCUT2D eigenvalue weighted by Gasteiger charge is 2.33. The molecule has 3 rings (SSSR count). The molecule has 0 spiro atoms. The molecular weight excluding hydrogens is 453 g/mol. The van der Waals surface area contributed by atoms with Crippen molar-refractivity contribution >= 4 is 46.3 Å². The molecule has 2 aromatic heterocycles. The lowest BCUT2D eigenvalue weighted by Gasteiger charge is -2.13. The Kier molecular flexibility index (Phi) is 7.16. The van der Waals surface area contributed by atoms with Gasteiger partial charge in [-0.15, -0.1) is 0 Å². The molecular formula is C20H17F3N2O4S2. The normalized spacial score (nSPS) is 15.8. The Balaban J connectivity index is 1.67. The number of thiocarbonyl (C=S) groups is 1. The highest BCUT2D eigenvalue weighted by molar-refractivity contribution is 8.26. The van der Waals surface area contributed by atoms with Gasteiger partial charge in [0.1, 0.15) is 21.5 Å². The summed E-state index contributed by atoms with van der Waals surface area (Å²) in [6, 6.07) is 6.55. The molecule has 11 heteroatoms. The molecule has 0 aromatic carbocycles. The number of carbonyl (C=O) groups is 2. The fourth-order valence-electron chi connectivity index (χ4n) is 2.84. The number of unbranched alkanes of at least 4 members (excludes halogenated alkanes) is 2. The number of carboxylic acid groups (broad SMARTS) is 1. The minimum absolute atomic E-state index is 0.0309. The van der Waals surface area contributed by atoms with Gasteiger partial charge in [-0.1, -0.05) is 36.5 Å². The predicted molar refractivity (Wildman–Crippen MR) is 113 cm³/mol. The monoisotopic (exact) mass is 470 g/mol. The van der Waals surface area contributed by atoms with Crippen LogP contribution in [0.3, 0.4) is 0 Å². The van der Waals surface area contributed by atoms with Crippen molar-refractivity contribution in [3.8, 4) is 11.5 Å². The summed E-state index contributed by atoms with van der Waals surface area (Å²) in [7, 11) is 0. The molecule has 0 bridgehead atoms. The number of halogens is 3. The lowest BCUT2D eigenvalue weighted by Crippen LogP contribution is -2.29. The van der Waals surface area contributed by atoms with Crippen molar-refractivity contribution in [2.24, 2.45) is 0 Å². The van der Waals surface area contributed by atoms with Gasteiger partial charge >= 0.3 is 12.1 Å². The summed E-state index contributed by atoms with van der Waals surface area (Å²) in [6.45, 7) is 0.388. The van der Waals surface area contributed by atoms with E-state index in [-0.39, 0.29) is 29.5 Å². The maximum Gasteiger partial charge on any atom is 0.433 e. The standard InChI is InChI=1S/C20H17F3N2O4S2/c21-20(22,23)16-6-4-5-13(24-16)14-9-8-12(29-14)11-15-18(28)25(19(30)31-15)10-3-1-2-7-17(26)27/h4-6,8-9,11H,1-3,7,10H2,(H,26,27). The Hall–Kier alpha value is -2.66. The molecule has 31 heavy (non-hydrogen) atoms. The third-order valence-electron chi connectivity index (χ3n) is 4.34. The first-order chi connectivity index (χ1) is 14.6. The molecule has 1 aliphatic heterocycles. The SMILES string of the molecule is O=C(O)CCCCCN1C(=O)C(=Cc2ccc(-c3cccc(C(F)(F)F)n3)o2)SC1=S. The lowest BCUT2D eigenvalue weighted by atomic mass is 10.2. The zero-order valence-corrected chi connectivity index (χ0v) is 17.6. The number of thioether (sulfide) groups is 1. The van der Waals surface area contributed by atoms with Gasteiger partial charge in [0.2, 0.25) is 0 Å². The van der Waals surface area contributed by atoms with E-state index in [1.165, 1.54) is 35.2 Å². The van der Waals surface area contributed by atoms with Gasteiger partial charge in [0, 0.05) is 19.0 Å². The van der Waals surface area contributed by atoms with Crippen molar-refractivity contribution < 1.29 is 32.3 Å². The number of carbonyl (C=O) groups excluding carboxylic acids is 1. The zero-order valence-electron chi connectivity index (χ0n) is 16.0. The van der Waals surface area contributed by atoms with Crippen molar-refractivity contribution in [1.82, 2.24) is 9.88 Å². The van der Waals surface area contributed by atoms with Crippen LogP contribution in [0, 0.1) is 0 Å². The number of aliphatic carboxylic acids is 1. The quantitative estimate of drug-likeness (QED) is 0.322. The first-order valence-electron chi connectivity index (χ1n) is 9.27. The molecule has 1 amide bonds. The summed E-state index contributed by atoms with van der Waals surface area (Å²) in [6.07, 6.45) is -1.18. The first kappa shape index (κ1) is 23.0. The van der Waals surface area contributed by atoms with E-state index in [0.29, 0.717) is 35.0 Å². The van der Waals surface area contributed by atoms with Crippen LogP contribution >= 0.6 is 24.0 Å². The number of furan rings is 1. The van der Waals surface area contributed by atoms with Crippen LogP contribution in [0.1, 0.15) is 37.1 Å². The van der Waals surface area contributed by atoms with E-state index in [0.717, 1.165) is 17.8 Å². The number of amides is 1. The maximum atomic E-state index is 12.9. The molecule has 164 valence electrons. The summed E-state index contributed by atoms with van der Waals surface area (Å²) < 4.78 is 44.5. The van der Waals surface area contributed by atoms with E-state index in [1.807, 2.05) is 0 Å². The average molecular weight is 470 g/mol. The topological polar surface area (TPSA) is 83.6 Å². The number of nitrogens with zero attached hydrogens (tertiary/aromatic N) is 2. The number of carboxylic acids is 1. The maximum absolute atomic E-state index is 12.9. The Labute approximate surface area is 185 Å². The molecule has 0 unspecified atom stereocenters. The number of hydrogen-bond acceptors (Lipinski definition) is 6. The van der Waals surface area contributed by atoms with Gasteiger partial charge in [-0.3, -0.25) is 14.5 Å². The van der Waals surface area contributed by atoms with Crippen LogP contribution in [0.2, 0.25) is 0 Å². The molecule has 0 saturated carbocycles. The molecule has 2 aromatic rings. The first-order valence-corrected chi connectivity index (χ1v) is 10.5. The van der Waals surface area contributed by atoms with Crippen molar-refractivity contribution in [3.05, 3.63) is 46.7 Å². The fraction of sp³-hybridized carbons (Fsp3) is 0.300. The number of aromatic nitrogens is 1. The molecule has 1 aliphatic rings. The third kappa shape index (κ3) is 5.95. The summed E-state index contributed by atoms with van der Waals surface area (Å²) >= 11 is 6.35. The molecule has 1 N–H and O–H groups in total. The molecule has 0 atom stereocenters. The summed E-state index contributed by atoms with van der Waals surface area (Å²) in [5.74, 6) is -0.711. The molecule has 0 radical (unpaired) electrons. The third-order valence-corrected chi connectivity index (χ3v) is 5.72. The van der Waals surface area contributed by atoms with Gasteiger partial charge in [0.15, 0.2) is 5.76 Å². The molecule has 0 aliphatic carbocycles. The predicted octanol–water partition coefficient (Wildman–Crippen LogP) is 5.21.